The van der Waals surface area contributed by atoms with Crippen LogP contribution in [0, 0.1) is 5.41 Å². The molecule has 29 heteroatoms. The quantitative estimate of drug-likeness (QED) is 0.0328. The molecular formula is C37H69F13O13Si3. The fourth-order valence-electron chi connectivity index (χ4n) is 7.42. The number of hydrogen-bond donors (Lipinski definition) is 0. The fraction of sp³-hybridized carbons (Fsp3) is 1.00. The van der Waals surface area contributed by atoms with Gasteiger partial charge in [-0.25, -0.2) is 22.3 Å². The average molecular weight is 1050 g/mol. The van der Waals surface area contributed by atoms with E-state index in [0.717, 1.165) is 32.1 Å². The maximum atomic E-state index is 14.6. The van der Waals surface area contributed by atoms with Crippen LogP contribution in [0.1, 0.15) is 89.9 Å². The van der Waals surface area contributed by atoms with E-state index in [9.17, 15) is 57.1 Å². The van der Waals surface area contributed by atoms with Crippen molar-refractivity contribution in [2.45, 2.75) is 145 Å². The highest BCUT2D eigenvalue weighted by Gasteiger charge is 2.52. The summed E-state index contributed by atoms with van der Waals surface area (Å²) < 4.78 is 239. The summed E-state index contributed by atoms with van der Waals surface area (Å²) in [7, 11) is 5.10. The van der Waals surface area contributed by atoms with E-state index in [-0.39, 0.29) is 11.8 Å². The third-order valence-electron chi connectivity index (χ3n) is 10.8. The maximum absolute atomic E-state index is 14.6. The topological polar surface area (TPSA) is 120 Å². The van der Waals surface area contributed by atoms with Crippen LogP contribution in [-0.4, -0.2) is 153 Å². The van der Waals surface area contributed by atoms with E-state index in [0.29, 0.717) is 56.7 Å². The molecule has 0 unspecified atom stereocenters. The van der Waals surface area contributed by atoms with E-state index in [4.69, 9.17) is 39.8 Å². The molecule has 398 valence electrons. The summed E-state index contributed by atoms with van der Waals surface area (Å²) >= 11 is 0. The van der Waals surface area contributed by atoms with Crippen LogP contribution in [-0.2, 0) is 58.8 Å². The van der Waals surface area contributed by atoms with Crippen LogP contribution in [0.15, 0.2) is 0 Å². The van der Waals surface area contributed by atoms with Gasteiger partial charge in [0.1, 0.15) is 32.8 Å². The molecule has 0 heterocycles. The Morgan fingerprint density at radius 3 is 0.970 bits per heavy atom. The number of halogens is 13. The Labute approximate surface area is 382 Å². The van der Waals surface area contributed by atoms with E-state index >= 15 is 0 Å². The van der Waals surface area contributed by atoms with Crippen molar-refractivity contribution in [3.05, 3.63) is 0 Å². The van der Waals surface area contributed by atoms with Gasteiger partial charge in [-0.1, -0.05) is 25.7 Å². The second-order valence-corrected chi connectivity index (χ2v) is 24.9. The van der Waals surface area contributed by atoms with Gasteiger partial charge in [0.2, 0.25) is 0 Å². The summed E-state index contributed by atoms with van der Waals surface area (Å²) in [5.41, 5.74) is -0.242. The highest BCUT2D eigenvalue weighted by molar-refractivity contribution is 6.61. The smallest absolute Gasteiger partial charge is 0.377 e. The summed E-state index contributed by atoms with van der Waals surface area (Å²) in [6.45, 7) is -8.69. The zero-order chi connectivity index (χ0) is 51.0. The molecule has 0 fully saturated rings. The van der Waals surface area contributed by atoms with Gasteiger partial charge in [0.25, 0.3) is 11.8 Å². The zero-order valence-corrected chi connectivity index (χ0v) is 42.1. The van der Waals surface area contributed by atoms with Crippen LogP contribution < -0.4 is 0 Å². The Balaban J connectivity index is 5.47. The second kappa shape index (κ2) is 29.5. The molecule has 13 nitrogen and oxygen atoms in total. The lowest BCUT2D eigenvalue weighted by atomic mass is 9.72. The van der Waals surface area contributed by atoms with Crippen molar-refractivity contribution >= 4 is 26.4 Å². The molecule has 0 aromatic carbocycles. The van der Waals surface area contributed by atoms with Crippen molar-refractivity contribution in [1.82, 2.24) is 0 Å². The lowest BCUT2D eigenvalue weighted by Crippen LogP contribution is -2.43. The predicted octanol–water partition coefficient (Wildman–Crippen LogP) is 10.7. The van der Waals surface area contributed by atoms with Crippen LogP contribution in [0.25, 0.3) is 0 Å². The zero-order valence-electron chi connectivity index (χ0n) is 39.1. The summed E-state index contributed by atoms with van der Waals surface area (Å²) in [5.74, 6) is -8.59. The molecule has 0 aliphatic carbocycles. The molecule has 0 radical (unpaired) electrons. The summed E-state index contributed by atoms with van der Waals surface area (Å²) in [4.78, 5) is 0. The molecule has 0 rings (SSSR count). The summed E-state index contributed by atoms with van der Waals surface area (Å²) in [6.07, 6.45) is -18.0. The highest BCUT2D eigenvalue weighted by Crippen LogP contribution is 2.44. The van der Waals surface area contributed by atoms with E-state index in [1.54, 1.807) is 0 Å². The first-order valence-electron chi connectivity index (χ1n) is 20.9. The Hall–Kier alpha value is -0.779. The minimum absolute atomic E-state index is 0.0643. The molecule has 66 heavy (non-hydrogen) atoms. The first kappa shape index (κ1) is 65.2. The standard InChI is InChI=1S/C37H69F13O13Si3/c1-51-64(52-2,53-3)23-15-19-31(20-16-24-65(54-4,55-5)56-6,21-17-25-66(57-7,58-8)59-9)18-13-11-10-12-14-22-32(38,39)27-60-29-35(44,45)62-34(42,43)26-33(40,41)28-61-30-36(46,47)63-37(48,49)50/h10-30H2,1-9H3. The van der Waals surface area contributed by atoms with Crippen molar-refractivity contribution in [3.63, 3.8) is 0 Å². The van der Waals surface area contributed by atoms with Crippen LogP contribution in [0.5, 0.6) is 0 Å². The second-order valence-electron chi connectivity index (χ2n) is 15.7. The molecule has 0 aliphatic heterocycles. The SMILES string of the molecule is CO[Si](CCCC(CCCCCCCC(F)(F)COCC(F)(F)OC(F)(F)CC(F)(F)COCC(F)(F)OC(F)(F)F)(CCC[Si](OC)(OC)OC)CCC[Si](OC)(OC)OC)(OC)OC. The Bertz CT molecular complexity index is 1200. The molecule has 0 aromatic rings. The van der Waals surface area contributed by atoms with Crippen LogP contribution >= 0.6 is 0 Å². The lowest BCUT2D eigenvalue weighted by Gasteiger charge is -2.37. The van der Waals surface area contributed by atoms with Gasteiger partial charge in [-0.15, -0.1) is 13.2 Å². The van der Waals surface area contributed by atoms with Crippen molar-refractivity contribution < 1.29 is 116 Å². The largest absolute Gasteiger partial charge is 0.527 e. The first-order valence-corrected chi connectivity index (χ1v) is 26.7. The molecule has 0 aliphatic rings. The van der Waals surface area contributed by atoms with Crippen molar-refractivity contribution in [1.29, 1.82) is 0 Å². The minimum atomic E-state index is -5.91. The summed E-state index contributed by atoms with van der Waals surface area (Å²) in [5, 5.41) is 0. The number of alkyl halides is 13. The van der Waals surface area contributed by atoms with Gasteiger partial charge in [-0.05, 0) is 56.8 Å². The molecule has 0 aromatic heterocycles. The monoisotopic (exact) mass is 1050 g/mol. The normalized spacial score (nSPS) is 14.5. The first-order chi connectivity index (χ1) is 30.4. The molecule has 0 N–H and O–H groups in total. The minimum Gasteiger partial charge on any atom is -0.377 e. The van der Waals surface area contributed by atoms with Gasteiger partial charge in [-0.3, -0.25) is 4.74 Å². The number of ether oxygens (including phenoxy) is 4. The van der Waals surface area contributed by atoms with E-state index in [1.165, 1.54) is 64.0 Å². The Kier molecular flexibility index (Phi) is 29.2. The number of hydrogen-bond acceptors (Lipinski definition) is 13. The molecule has 0 atom stereocenters. The molecular weight excluding hydrogens is 984 g/mol. The average Bonchev–Trinajstić information content (AvgIpc) is 3.20. The molecule has 0 bridgehead atoms. The van der Waals surface area contributed by atoms with Gasteiger partial charge in [0.05, 0.1) is 0 Å². The number of rotatable bonds is 42. The van der Waals surface area contributed by atoms with Gasteiger partial charge in [0.15, 0.2) is 0 Å². The molecule has 0 saturated heterocycles. The molecule has 0 saturated carbocycles. The third-order valence-corrected chi connectivity index (χ3v) is 19.3. The van der Waals surface area contributed by atoms with Crippen LogP contribution in [0.2, 0.25) is 18.1 Å². The van der Waals surface area contributed by atoms with E-state index in [2.05, 4.69) is 18.9 Å². The van der Waals surface area contributed by atoms with Gasteiger partial charge < -0.3 is 49.3 Å². The van der Waals surface area contributed by atoms with Crippen molar-refractivity contribution in [3.8, 4) is 0 Å². The third kappa shape index (κ3) is 26.4. The maximum Gasteiger partial charge on any atom is 0.527 e. The van der Waals surface area contributed by atoms with Gasteiger partial charge in [0, 0.05) is 88.5 Å². The highest BCUT2D eigenvalue weighted by atomic mass is 28.4. The van der Waals surface area contributed by atoms with E-state index < -0.39 is 102 Å². The Morgan fingerprint density at radius 2 is 0.621 bits per heavy atom. The molecule has 0 spiro atoms. The fourth-order valence-corrected chi connectivity index (χ4v) is 12.6. The van der Waals surface area contributed by atoms with Crippen molar-refractivity contribution in [2.24, 2.45) is 5.41 Å². The van der Waals surface area contributed by atoms with Crippen LogP contribution in [0.3, 0.4) is 0 Å². The van der Waals surface area contributed by atoms with Gasteiger partial charge in [-0.2, -0.15) is 26.3 Å². The molecule has 0 amide bonds. The summed E-state index contributed by atoms with van der Waals surface area (Å²) in [6, 6.07) is 1.65. The number of unbranched alkanes of at least 4 members (excludes halogenated alkanes) is 4. The van der Waals surface area contributed by atoms with E-state index in [1.807, 2.05) is 0 Å². The van der Waals surface area contributed by atoms with Gasteiger partial charge >= 0.3 is 51.1 Å². The predicted molar refractivity (Wildman–Crippen MR) is 216 cm³/mol. The Morgan fingerprint density at radius 1 is 0.318 bits per heavy atom. The lowest BCUT2D eigenvalue weighted by molar-refractivity contribution is -0.432. The van der Waals surface area contributed by atoms with Crippen molar-refractivity contribution in [2.75, 3.05) is 90.4 Å². The van der Waals surface area contributed by atoms with Crippen LogP contribution in [0.4, 0.5) is 57.1 Å².